The molecule has 2 amide bonds. The molecule has 1 aromatic rings. The molecule has 3 N–H and O–H groups in total. The van der Waals surface area contributed by atoms with Gasteiger partial charge in [-0.05, 0) is 36.6 Å². The number of hydrogen-bond acceptors (Lipinski definition) is 2. The highest BCUT2D eigenvalue weighted by atomic mass is 19.1. The van der Waals surface area contributed by atoms with Crippen molar-refractivity contribution in [2.24, 2.45) is 5.92 Å². The number of urea groups is 1. The lowest BCUT2D eigenvalue weighted by atomic mass is 9.99. The fourth-order valence-corrected chi connectivity index (χ4v) is 1.71. The van der Waals surface area contributed by atoms with E-state index in [-0.39, 0.29) is 11.7 Å². The Morgan fingerprint density at radius 3 is 2.55 bits per heavy atom. The van der Waals surface area contributed by atoms with Crippen LogP contribution < -0.4 is 10.6 Å². The van der Waals surface area contributed by atoms with Gasteiger partial charge in [0.15, 0.2) is 0 Å². The number of aryl methyl sites for hydroxylation is 1. The molecule has 5 nitrogen and oxygen atoms in total. The van der Waals surface area contributed by atoms with Gasteiger partial charge in [-0.1, -0.05) is 20.3 Å². The van der Waals surface area contributed by atoms with E-state index in [1.807, 2.05) is 6.92 Å². The molecule has 0 unspecified atom stereocenters. The summed E-state index contributed by atoms with van der Waals surface area (Å²) in [6.07, 6.45) is 0.632. The average molecular weight is 282 g/mol. The first-order valence-corrected chi connectivity index (χ1v) is 6.41. The number of rotatable bonds is 5. The zero-order valence-corrected chi connectivity index (χ0v) is 11.7. The molecule has 110 valence electrons. The predicted octanol–water partition coefficient (Wildman–Crippen LogP) is 2.75. The van der Waals surface area contributed by atoms with Gasteiger partial charge in [-0.15, -0.1) is 0 Å². The van der Waals surface area contributed by atoms with Crippen molar-refractivity contribution in [3.8, 4) is 0 Å². The lowest BCUT2D eigenvalue weighted by Gasteiger charge is -2.20. The highest BCUT2D eigenvalue weighted by Crippen LogP contribution is 2.14. The third-order valence-corrected chi connectivity index (χ3v) is 3.18. The Morgan fingerprint density at radius 2 is 2.05 bits per heavy atom. The number of carboxylic acid groups (broad SMARTS) is 1. The average Bonchev–Trinajstić information content (AvgIpc) is 2.39. The second kappa shape index (κ2) is 6.88. The van der Waals surface area contributed by atoms with Crippen LogP contribution in [0.25, 0.3) is 0 Å². The number of carbonyl (C=O) groups is 2. The van der Waals surface area contributed by atoms with Crippen molar-refractivity contribution in [2.75, 3.05) is 5.32 Å². The lowest BCUT2D eigenvalue weighted by Crippen LogP contribution is -2.46. The van der Waals surface area contributed by atoms with Crippen LogP contribution in [-0.4, -0.2) is 23.1 Å². The minimum Gasteiger partial charge on any atom is -0.480 e. The first kappa shape index (κ1) is 15.9. The first-order valence-electron chi connectivity index (χ1n) is 6.41. The van der Waals surface area contributed by atoms with E-state index in [4.69, 9.17) is 5.11 Å². The molecule has 1 rings (SSSR count). The molecule has 0 aliphatic carbocycles. The number of amides is 2. The smallest absolute Gasteiger partial charge is 0.326 e. The van der Waals surface area contributed by atoms with Crippen LogP contribution in [0.3, 0.4) is 0 Å². The van der Waals surface area contributed by atoms with Gasteiger partial charge in [0.05, 0.1) is 0 Å². The summed E-state index contributed by atoms with van der Waals surface area (Å²) in [6.45, 7) is 5.18. The van der Waals surface area contributed by atoms with E-state index in [0.717, 1.165) is 0 Å². The summed E-state index contributed by atoms with van der Waals surface area (Å²) in [7, 11) is 0. The molecule has 0 radical (unpaired) electrons. The topological polar surface area (TPSA) is 78.4 Å². The molecule has 20 heavy (non-hydrogen) atoms. The second-order valence-electron chi connectivity index (χ2n) is 4.76. The summed E-state index contributed by atoms with van der Waals surface area (Å²) in [6, 6.07) is 2.56. The predicted molar refractivity (Wildman–Crippen MR) is 74.2 cm³/mol. The van der Waals surface area contributed by atoms with Gasteiger partial charge in [-0.25, -0.2) is 14.0 Å². The Balaban J connectivity index is 2.70. The number of aliphatic carboxylic acids is 1. The minimum absolute atomic E-state index is 0.187. The zero-order chi connectivity index (χ0) is 15.3. The highest BCUT2D eigenvalue weighted by Gasteiger charge is 2.25. The Bertz CT molecular complexity index is 505. The van der Waals surface area contributed by atoms with Crippen LogP contribution in [-0.2, 0) is 4.79 Å². The number of anilines is 1. The van der Waals surface area contributed by atoms with Gasteiger partial charge >= 0.3 is 12.0 Å². The van der Waals surface area contributed by atoms with Gasteiger partial charge < -0.3 is 15.7 Å². The summed E-state index contributed by atoms with van der Waals surface area (Å²) in [5.74, 6) is -1.63. The van der Waals surface area contributed by atoms with Crippen LogP contribution >= 0.6 is 0 Å². The van der Waals surface area contributed by atoms with Crippen molar-refractivity contribution in [1.29, 1.82) is 0 Å². The van der Waals surface area contributed by atoms with Crippen molar-refractivity contribution in [3.63, 3.8) is 0 Å². The van der Waals surface area contributed by atoms with Gasteiger partial charge in [0.1, 0.15) is 11.9 Å². The van der Waals surface area contributed by atoms with Crippen LogP contribution in [0.5, 0.6) is 0 Å². The number of carbonyl (C=O) groups excluding carboxylic acids is 1. The zero-order valence-electron chi connectivity index (χ0n) is 11.7. The van der Waals surface area contributed by atoms with E-state index in [9.17, 15) is 14.0 Å². The van der Waals surface area contributed by atoms with Gasteiger partial charge in [0.25, 0.3) is 0 Å². The summed E-state index contributed by atoms with van der Waals surface area (Å²) in [4.78, 5) is 22.9. The van der Waals surface area contributed by atoms with E-state index in [2.05, 4.69) is 10.6 Å². The van der Waals surface area contributed by atoms with Crippen LogP contribution in [0, 0.1) is 18.7 Å². The monoisotopic (exact) mass is 282 g/mol. The van der Waals surface area contributed by atoms with Crippen molar-refractivity contribution in [1.82, 2.24) is 5.32 Å². The van der Waals surface area contributed by atoms with Crippen LogP contribution in [0.15, 0.2) is 18.2 Å². The normalized spacial score (nSPS) is 13.4. The Labute approximate surface area is 117 Å². The van der Waals surface area contributed by atoms with Gasteiger partial charge in [-0.2, -0.15) is 0 Å². The third-order valence-electron chi connectivity index (χ3n) is 3.18. The molecule has 6 heteroatoms. The summed E-state index contributed by atoms with van der Waals surface area (Å²) >= 11 is 0. The summed E-state index contributed by atoms with van der Waals surface area (Å²) in [5.41, 5.74) is 0.814. The first-order chi connectivity index (χ1) is 9.35. The van der Waals surface area contributed by atoms with E-state index >= 15 is 0 Å². The molecule has 0 saturated carbocycles. The fourth-order valence-electron chi connectivity index (χ4n) is 1.71. The quantitative estimate of drug-likeness (QED) is 0.777. The number of hydrogen-bond donors (Lipinski definition) is 3. The molecule has 2 atom stereocenters. The van der Waals surface area contributed by atoms with Crippen molar-refractivity contribution in [2.45, 2.75) is 33.2 Å². The van der Waals surface area contributed by atoms with Gasteiger partial charge in [-0.3, -0.25) is 0 Å². The minimum atomic E-state index is -1.08. The lowest BCUT2D eigenvalue weighted by molar-refractivity contribution is -0.140. The largest absolute Gasteiger partial charge is 0.480 e. The molecule has 0 aliphatic rings. The molecule has 0 fully saturated rings. The summed E-state index contributed by atoms with van der Waals surface area (Å²) in [5, 5.41) is 14.0. The Kier molecular flexibility index (Phi) is 5.49. The van der Waals surface area contributed by atoms with Gasteiger partial charge in [0, 0.05) is 5.69 Å². The second-order valence-corrected chi connectivity index (χ2v) is 4.76. The molecular weight excluding hydrogens is 263 g/mol. The number of benzene rings is 1. The van der Waals surface area contributed by atoms with E-state index < -0.39 is 18.0 Å². The summed E-state index contributed by atoms with van der Waals surface area (Å²) < 4.78 is 13.1. The van der Waals surface area contributed by atoms with Crippen molar-refractivity contribution >= 4 is 17.7 Å². The van der Waals surface area contributed by atoms with Crippen LogP contribution in [0.1, 0.15) is 25.8 Å². The van der Waals surface area contributed by atoms with Crippen LogP contribution in [0.4, 0.5) is 14.9 Å². The van der Waals surface area contributed by atoms with E-state index in [1.165, 1.54) is 18.2 Å². The van der Waals surface area contributed by atoms with E-state index in [0.29, 0.717) is 17.7 Å². The molecule has 0 saturated heterocycles. The maximum absolute atomic E-state index is 13.1. The van der Waals surface area contributed by atoms with Crippen molar-refractivity contribution < 1.29 is 19.1 Å². The van der Waals surface area contributed by atoms with E-state index in [1.54, 1.807) is 13.8 Å². The van der Waals surface area contributed by atoms with Gasteiger partial charge in [0.2, 0.25) is 0 Å². The number of carboxylic acids is 1. The SMILES string of the molecule is CC[C@H](C)[C@H](NC(=O)Nc1ccc(F)c(C)c1)C(=O)O. The molecule has 0 aromatic heterocycles. The molecule has 0 bridgehead atoms. The molecular formula is C14H19FN2O3. The molecule has 0 aliphatic heterocycles. The maximum atomic E-state index is 13.1. The fraction of sp³-hybridized carbons (Fsp3) is 0.429. The Hall–Kier alpha value is -2.11. The number of halogens is 1. The standard InChI is InChI=1S/C14H19FN2O3/c1-4-8(2)12(13(18)19)17-14(20)16-10-5-6-11(15)9(3)7-10/h5-8,12H,4H2,1-3H3,(H,18,19)(H2,16,17,20)/t8-,12-/m0/s1. The molecule has 1 aromatic carbocycles. The van der Waals surface area contributed by atoms with Crippen molar-refractivity contribution in [3.05, 3.63) is 29.6 Å². The number of nitrogens with one attached hydrogen (secondary N) is 2. The maximum Gasteiger partial charge on any atom is 0.326 e. The third kappa shape index (κ3) is 4.22. The molecule has 0 spiro atoms. The van der Waals surface area contributed by atoms with Crippen LogP contribution in [0.2, 0.25) is 0 Å². The Morgan fingerprint density at radius 1 is 1.40 bits per heavy atom. The molecule has 0 heterocycles. The highest BCUT2D eigenvalue weighted by molar-refractivity contribution is 5.92.